The molecule has 2 heterocycles. The van der Waals surface area contributed by atoms with Gasteiger partial charge in [-0.05, 0) is 6.08 Å². The van der Waals surface area contributed by atoms with Crippen LogP contribution in [0.1, 0.15) is 0 Å². The number of nitrogens with zero attached hydrogens (tertiary/aromatic N) is 1. The Kier molecular flexibility index (Phi) is 1.46. The van der Waals surface area contributed by atoms with Crippen LogP contribution in [0, 0.1) is 5.92 Å². The first-order valence-electron chi connectivity index (χ1n) is 3.44. The van der Waals surface area contributed by atoms with Crippen molar-refractivity contribution in [2.75, 3.05) is 6.54 Å². The number of allylic oxidation sites excluding steroid dienone is 1. The first-order valence-corrected chi connectivity index (χ1v) is 3.88. The molecule has 0 aromatic heterocycles. The van der Waals surface area contributed by atoms with Crippen molar-refractivity contribution in [2.24, 2.45) is 10.9 Å². The molecule has 1 fully saturated rings. The minimum Gasteiger partial charge on any atom is -0.352 e. The van der Waals surface area contributed by atoms with Gasteiger partial charge >= 0.3 is 0 Å². The van der Waals surface area contributed by atoms with E-state index >= 15 is 0 Å². The van der Waals surface area contributed by atoms with E-state index in [0.29, 0.717) is 6.54 Å². The molecule has 58 valence electrons. The molecule has 3 nitrogen and oxygen atoms in total. The molecule has 0 bridgehead atoms. The average Bonchev–Trinajstić information content (AvgIpc) is 2.35. The van der Waals surface area contributed by atoms with Crippen molar-refractivity contribution in [2.45, 2.75) is 5.50 Å². The van der Waals surface area contributed by atoms with E-state index in [1.54, 1.807) is 12.3 Å². The number of halogens is 1. The number of hydrogen-bond acceptors (Lipinski definition) is 2. The maximum atomic E-state index is 11.1. The van der Waals surface area contributed by atoms with Gasteiger partial charge in [0.1, 0.15) is 5.50 Å². The number of alkyl halides is 1. The summed E-state index contributed by atoms with van der Waals surface area (Å²) in [5, 5.41) is 2.72. The number of amides is 1. The maximum absolute atomic E-state index is 11.1. The Labute approximate surface area is 69.1 Å². The molecule has 0 radical (unpaired) electrons. The Hall–Kier alpha value is -0.830. The number of rotatable bonds is 0. The van der Waals surface area contributed by atoms with Crippen molar-refractivity contribution >= 4 is 23.7 Å². The van der Waals surface area contributed by atoms with Crippen LogP contribution in [-0.2, 0) is 4.79 Å². The van der Waals surface area contributed by atoms with Crippen molar-refractivity contribution in [3.63, 3.8) is 0 Å². The topological polar surface area (TPSA) is 41.5 Å². The predicted molar refractivity (Wildman–Crippen MR) is 42.7 cm³/mol. The number of carbonyl (C=O) groups is 1. The van der Waals surface area contributed by atoms with Crippen LogP contribution in [0.15, 0.2) is 16.6 Å². The molecule has 2 aliphatic rings. The lowest BCUT2D eigenvalue weighted by Gasteiger charge is -2.14. The number of fused-ring (bicyclic) bond motifs is 1. The minimum atomic E-state index is -0.269. The molecular formula is C7H7ClN2O. The summed E-state index contributed by atoms with van der Waals surface area (Å²) in [6.07, 6.45) is 3.32. The second-order valence-corrected chi connectivity index (χ2v) is 3.06. The van der Waals surface area contributed by atoms with E-state index in [1.165, 1.54) is 0 Å². The lowest BCUT2D eigenvalue weighted by Crippen LogP contribution is -2.19. The van der Waals surface area contributed by atoms with E-state index < -0.39 is 0 Å². The molecule has 2 unspecified atom stereocenters. The lowest BCUT2D eigenvalue weighted by atomic mass is 10.0. The molecule has 2 aliphatic heterocycles. The van der Waals surface area contributed by atoms with Crippen molar-refractivity contribution in [1.29, 1.82) is 0 Å². The van der Waals surface area contributed by atoms with Crippen molar-refractivity contribution in [3.05, 3.63) is 11.6 Å². The summed E-state index contributed by atoms with van der Waals surface area (Å²) in [6.45, 7) is 0.621. The van der Waals surface area contributed by atoms with E-state index in [1.807, 2.05) is 0 Å². The number of hydrogen-bond donors (Lipinski definition) is 1. The molecule has 0 aromatic rings. The van der Waals surface area contributed by atoms with Crippen LogP contribution >= 0.6 is 11.6 Å². The third-order valence-corrected chi connectivity index (χ3v) is 2.38. The van der Waals surface area contributed by atoms with E-state index in [-0.39, 0.29) is 17.3 Å². The molecule has 11 heavy (non-hydrogen) atoms. The Morgan fingerprint density at radius 1 is 1.73 bits per heavy atom. The highest BCUT2D eigenvalue weighted by atomic mass is 35.5. The van der Waals surface area contributed by atoms with E-state index in [9.17, 15) is 4.79 Å². The SMILES string of the molecule is O=C1NCC2C1=CC=NC2Cl. The summed E-state index contributed by atoms with van der Waals surface area (Å²) in [4.78, 5) is 15.0. The summed E-state index contributed by atoms with van der Waals surface area (Å²) in [5.41, 5.74) is 0.494. The van der Waals surface area contributed by atoms with Crippen LogP contribution in [0.5, 0.6) is 0 Å². The summed E-state index contributed by atoms with van der Waals surface area (Å²) >= 11 is 5.85. The molecule has 2 atom stereocenters. The summed E-state index contributed by atoms with van der Waals surface area (Å²) in [5.74, 6) is 0.0703. The van der Waals surface area contributed by atoms with Gasteiger partial charge in [-0.3, -0.25) is 9.79 Å². The highest BCUT2D eigenvalue weighted by molar-refractivity contribution is 6.22. The minimum absolute atomic E-state index is 0.00759. The van der Waals surface area contributed by atoms with Gasteiger partial charge in [0.15, 0.2) is 0 Å². The zero-order chi connectivity index (χ0) is 7.84. The molecule has 1 N–H and O–H groups in total. The Morgan fingerprint density at radius 2 is 2.55 bits per heavy atom. The smallest absolute Gasteiger partial charge is 0.247 e. The van der Waals surface area contributed by atoms with Gasteiger partial charge in [-0.15, -0.1) is 0 Å². The van der Waals surface area contributed by atoms with E-state index in [2.05, 4.69) is 10.3 Å². The zero-order valence-electron chi connectivity index (χ0n) is 5.75. The normalized spacial score (nSPS) is 34.6. The third kappa shape index (κ3) is 0.959. The molecule has 1 amide bonds. The van der Waals surface area contributed by atoms with Crippen molar-refractivity contribution in [3.8, 4) is 0 Å². The molecule has 0 spiro atoms. The first kappa shape index (κ1) is 6.85. The first-order chi connectivity index (χ1) is 5.29. The molecular weight excluding hydrogens is 164 g/mol. The highest BCUT2D eigenvalue weighted by Gasteiger charge is 2.34. The summed E-state index contributed by atoms with van der Waals surface area (Å²) in [7, 11) is 0. The number of carbonyl (C=O) groups excluding carboxylic acids is 1. The molecule has 0 saturated carbocycles. The van der Waals surface area contributed by atoms with Crippen LogP contribution in [0.25, 0.3) is 0 Å². The maximum Gasteiger partial charge on any atom is 0.247 e. The quantitative estimate of drug-likeness (QED) is 0.413. The Morgan fingerprint density at radius 3 is 3.27 bits per heavy atom. The fourth-order valence-electron chi connectivity index (χ4n) is 1.34. The fraction of sp³-hybridized carbons (Fsp3) is 0.429. The zero-order valence-corrected chi connectivity index (χ0v) is 6.51. The Bertz CT molecular complexity index is 259. The van der Waals surface area contributed by atoms with Gasteiger partial charge in [-0.1, -0.05) is 11.6 Å². The molecule has 4 heteroatoms. The van der Waals surface area contributed by atoms with Crippen LogP contribution in [0.4, 0.5) is 0 Å². The molecule has 0 aliphatic carbocycles. The Balaban J connectivity index is 2.34. The van der Waals surface area contributed by atoms with E-state index in [4.69, 9.17) is 11.6 Å². The lowest BCUT2D eigenvalue weighted by molar-refractivity contribution is -0.116. The highest BCUT2D eigenvalue weighted by Crippen LogP contribution is 2.26. The van der Waals surface area contributed by atoms with Crippen molar-refractivity contribution in [1.82, 2.24) is 5.32 Å². The number of dihydropyridines is 1. The second kappa shape index (κ2) is 2.34. The molecule has 0 aromatic carbocycles. The standard InChI is InChI=1S/C7H7ClN2O/c8-6-5-3-10-7(11)4(5)1-2-9-6/h1-2,5-6H,3H2,(H,10,11). The van der Waals surface area contributed by atoms with E-state index in [0.717, 1.165) is 5.57 Å². The van der Waals surface area contributed by atoms with Gasteiger partial charge in [0.05, 0.1) is 0 Å². The predicted octanol–water partition coefficient (Wildman–Crippen LogP) is 0.308. The second-order valence-electron chi connectivity index (χ2n) is 2.61. The largest absolute Gasteiger partial charge is 0.352 e. The van der Waals surface area contributed by atoms with Gasteiger partial charge in [0.2, 0.25) is 5.91 Å². The number of aliphatic imine (C=N–C) groups is 1. The van der Waals surface area contributed by atoms with Gasteiger partial charge in [0, 0.05) is 24.3 Å². The van der Waals surface area contributed by atoms with Gasteiger partial charge < -0.3 is 5.32 Å². The van der Waals surface area contributed by atoms with Crippen LogP contribution < -0.4 is 5.32 Å². The summed E-state index contributed by atoms with van der Waals surface area (Å²) < 4.78 is 0. The third-order valence-electron chi connectivity index (χ3n) is 1.96. The van der Waals surface area contributed by atoms with Crippen LogP contribution in [0.2, 0.25) is 0 Å². The number of nitrogens with one attached hydrogen (secondary N) is 1. The fourth-order valence-corrected chi connectivity index (χ4v) is 1.63. The monoisotopic (exact) mass is 170 g/mol. The van der Waals surface area contributed by atoms with Gasteiger partial charge in [0.25, 0.3) is 0 Å². The van der Waals surface area contributed by atoms with Crippen LogP contribution in [-0.4, -0.2) is 24.2 Å². The van der Waals surface area contributed by atoms with Crippen molar-refractivity contribution < 1.29 is 4.79 Å². The molecule has 2 rings (SSSR count). The average molecular weight is 171 g/mol. The summed E-state index contributed by atoms with van der Waals surface area (Å²) in [6, 6.07) is 0. The van der Waals surface area contributed by atoms with Gasteiger partial charge in [-0.25, -0.2) is 0 Å². The van der Waals surface area contributed by atoms with Gasteiger partial charge in [-0.2, -0.15) is 0 Å². The molecule has 1 saturated heterocycles. The van der Waals surface area contributed by atoms with Crippen LogP contribution in [0.3, 0.4) is 0 Å².